The van der Waals surface area contributed by atoms with Crippen molar-refractivity contribution in [2.45, 2.75) is 96.8 Å². The van der Waals surface area contributed by atoms with E-state index < -0.39 is 5.97 Å². The van der Waals surface area contributed by atoms with Crippen molar-refractivity contribution in [3.05, 3.63) is 12.2 Å². The Balaban J connectivity index is 0. The molecule has 0 heterocycles. The van der Waals surface area contributed by atoms with E-state index in [9.17, 15) is 4.79 Å². The fourth-order valence-corrected chi connectivity index (χ4v) is 2.35. The lowest BCUT2D eigenvalue weighted by Gasteiger charge is -1.99. The molecule has 22 heavy (non-hydrogen) atoms. The van der Waals surface area contributed by atoms with Crippen LogP contribution in [0.3, 0.4) is 0 Å². The highest BCUT2D eigenvalue weighted by molar-refractivity contribution is 5.66. The Bertz CT molecular complexity index is 239. The Kier molecular flexibility index (Phi) is 23.8. The Morgan fingerprint density at radius 3 is 1.59 bits per heavy atom. The van der Waals surface area contributed by atoms with Gasteiger partial charge in [0, 0.05) is 6.42 Å². The van der Waals surface area contributed by atoms with Gasteiger partial charge in [-0.3, -0.25) is 15.3 Å². The summed E-state index contributed by atoms with van der Waals surface area (Å²) in [6.07, 6.45) is 21.2. The van der Waals surface area contributed by atoms with Gasteiger partial charge in [-0.2, -0.15) is 0 Å². The molecule has 4 heteroatoms. The van der Waals surface area contributed by atoms with Gasteiger partial charge in [0.05, 0.1) is 0 Å². The molecule has 0 aromatic carbocycles. The molecule has 0 aliphatic heterocycles. The molecule has 0 rings (SSSR count). The van der Waals surface area contributed by atoms with Crippen LogP contribution in [0, 0.1) is 0 Å². The molecule has 0 aromatic rings. The molecule has 3 N–H and O–H groups in total. The number of carboxylic acid groups (broad SMARTS) is 1. The minimum Gasteiger partial charge on any atom is -0.481 e. The highest BCUT2D eigenvalue weighted by Gasteiger charge is 1.95. The number of unbranched alkanes of at least 4 members (excludes halogenated alkanes) is 11. The van der Waals surface area contributed by atoms with E-state index in [0.29, 0.717) is 6.42 Å². The maximum absolute atomic E-state index is 10.3. The molecule has 0 unspecified atom stereocenters. The highest BCUT2D eigenvalue weighted by Crippen LogP contribution is 2.09. The Hall–Kier alpha value is -0.870. The molecule has 0 amide bonds. The summed E-state index contributed by atoms with van der Waals surface area (Å²) in [5.74, 6) is -0.664. The third kappa shape index (κ3) is 24.2. The molecule has 0 atom stereocenters. The van der Waals surface area contributed by atoms with Crippen molar-refractivity contribution in [2.75, 3.05) is 0 Å². The zero-order chi connectivity index (χ0) is 16.9. The van der Waals surface area contributed by atoms with Gasteiger partial charge in [-0.15, -0.1) is 0 Å². The molecule has 0 saturated heterocycles. The Morgan fingerprint density at radius 1 is 0.727 bits per heavy atom. The van der Waals surface area contributed by atoms with Gasteiger partial charge in [-0.25, -0.2) is 0 Å². The highest BCUT2D eigenvalue weighted by atomic mass is 17.0. The predicted molar refractivity (Wildman–Crippen MR) is 92.3 cm³/mol. The van der Waals surface area contributed by atoms with Crippen LogP contribution < -0.4 is 0 Å². The first-order chi connectivity index (χ1) is 10.8. The van der Waals surface area contributed by atoms with Crippen LogP contribution in [0.2, 0.25) is 0 Å². The molecule has 0 bridgehead atoms. The maximum Gasteiger partial charge on any atom is 0.303 e. The van der Waals surface area contributed by atoms with E-state index in [1.165, 1.54) is 70.6 Å². The van der Waals surface area contributed by atoms with E-state index in [1.807, 2.05) is 0 Å². The third-order valence-electron chi connectivity index (χ3n) is 3.65. The normalized spacial score (nSPS) is 10.5. The number of allylic oxidation sites excluding steroid dienone is 2. The molecular formula is C18H36O4. The van der Waals surface area contributed by atoms with Gasteiger partial charge in [-0.1, -0.05) is 70.4 Å². The van der Waals surface area contributed by atoms with Crippen LogP contribution in [-0.4, -0.2) is 21.6 Å². The molecule has 0 spiro atoms. The number of carbonyl (C=O) groups is 1. The third-order valence-corrected chi connectivity index (χ3v) is 3.65. The van der Waals surface area contributed by atoms with Crippen molar-refractivity contribution in [3.8, 4) is 0 Å². The maximum atomic E-state index is 10.3. The van der Waals surface area contributed by atoms with Crippen LogP contribution in [0.4, 0.5) is 0 Å². The van der Waals surface area contributed by atoms with Crippen molar-refractivity contribution in [3.63, 3.8) is 0 Å². The molecule has 0 fully saturated rings. The summed E-state index contributed by atoms with van der Waals surface area (Å²) in [6, 6.07) is 0. The van der Waals surface area contributed by atoms with E-state index in [-0.39, 0.29) is 0 Å². The molecule has 0 radical (unpaired) electrons. The minimum absolute atomic E-state index is 0.332. The van der Waals surface area contributed by atoms with Crippen LogP contribution in [-0.2, 0) is 4.79 Å². The zero-order valence-electron chi connectivity index (χ0n) is 14.3. The van der Waals surface area contributed by atoms with Crippen LogP contribution in [0.5, 0.6) is 0 Å². The topological polar surface area (TPSA) is 77.8 Å². The minimum atomic E-state index is -0.664. The van der Waals surface area contributed by atoms with E-state index in [1.54, 1.807) is 0 Å². The largest absolute Gasteiger partial charge is 0.481 e. The molecule has 0 aromatic heterocycles. The lowest BCUT2D eigenvalue weighted by molar-refractivity contribution is -0.176. The van der Waals surface area contributed by atoms with Crippen molar-refractivity contribution in [1.82, 2.24) is 0 Å². The number of hydrogen-bond acceptors (Lipinski definition) is 3. The number of rotatable bonds is 15. The van der Waals surface area contributed by atoms with Crippen molar-refractivity contribution in [2.24, 2.45) is 0 Å². The lowest BCUT2D eigenvalue weighted by atomic mass is 10.1. The smallest absolute Gasteiger partial charge is 0.303 e. The standard InChI is InChI=1S/C18H34O2.H2O2/c1-2-3-4-5-6-7-8-9-10-11-12-13-14-15-16-17-18(19)20;1-2/h9-10H,2-8,11-17H2,1H3,(H,19,20);1-2H. The van der Waals surface area contributed by atoms with Gasteiger partial charge in [-0.05, 0) is 32.1 Å². The Morgan fingerprint density at radius 2 is 1.14 bits per heavy atom. The molecule has 132 valence electrons. The van der Waals surface area contributed by atoms with Gasteiger partial charge < -0.3 is 5.11 Å². The van der Waals surface area contributed by atoms with E-state index in [2.05, 4.69) is 19.1 Å². The average Bonchev–Trinajstić information content (AvgIpc) is 2.53. The average molecular weight is 316 g/mol. The fraction of sp³-hybridized carbons (Fsp3) is 0.833. The predicted octanol–water partition coefficient (Wildman–Crippen LogP) is 6.13. The van der Waals surface area contributed by atoms with Crippen LogP contribution in [0.15, 0.2) is 12.2 Å². The first-order valence-corrected chi connectivity index (χ1v) is 8.84. The zero-order valence-corrected chi connectivity index (χ0v) is 14.3. The van der Waals surface area contributed by atoms with Crippen LogP contribution in [0.25, 0.3) is 0 Å². The summed E-state index contributed by atoms with van der Waals surface area (Å²) in [7, 11) is 0. The van der Waals surface area contributed by atoms with Crippen LogP contribution >= 0.6 is 0 Å². The number of aliphatic carboxylic acids is 1. The van der Waals surface area contributed by atoms with E-state index >= 15 is 0 Å². The molecular weight excluding hydrogens is 280 g/mol. The van der Waals surface area contributed by atoms with Gasteiger partial charge in [0.25, 0.3) is 0 Å². The second kappa shape index (κ2) is 22.4. The summed E-state index contributed by atoms with van der Waals surface area (Å²) in [4.78, 5) is 10.3. The SMILES string of the molecule is CCCCCCCCC=CCCCCCCCC(=O)O.OO. The van der Waals surface area contributed by atoms with Gasteiger partial charge in [0.1, 0.15) is 0 Å². The molecule has 0 saturated carbocycles. The summed E-state index contributed by atoms with van der Waals surface area (Å²) in [5.41, 5.74) is 0. The van der Waals surface area contributed by atoms with Crippen molar-refractivity contribution < 1.29 is 20.4 Å². The Labute approximate surface area is 136 Å². The van der Waals surface area contributed by atoms with Crippen molar-refractivity contribution in [1.29, 1.82) is 0 Å². The van der Waals surface area contributed by atoms with Gasteiger partial charge >= 0.3 is 5.97 Å². The van der Waals surface area contributed by atoms with Gasteiger partial charge in [0.2, 0.25) is 0 Å². The second-order valence-corrected chi connectivity index (χ2v) is 5.73. The number of hydrogen-bond donors (Lipinski definition) is 3. The molecule has 0 aliphatic carbocycles. The summed E-state index contributed by atoms with van der Waals surface area (Å²) in [5, 5.41) is 20.5. The first-order valence-electron chi connectivity index (χ1n) is 8.84. The number of carboxylic acids is 1. The molecule has 4 nitrogen and oxygen atoms in total. The van der Waals surface area contributed by atoms with Gasteiger partial charge in [0.15, 0.2) is 0 Å². The van der Waals surface area contributed by atoms with Crippen LogP contribution in [0.1, 0.15) is 96.8 Å². The quantitative estimate of drug-likeness (QED) is 0.147. The first kappa shape index (κ1) is 23.4. The second-order valence-electron chi connectivity index (χ2n) is 5.73. The van der Waals surface area contributed by atoms with E-state index in [4.69, 9.17) is 15.6 Å². The summed E-state index contributed by atoms with van der Waals surface area (Å²) < 4.78 is 0. The van der Waals surface area contributed by atoms with E-state index in [0.717, 1.165) is 12.8 Å². The van der Waals surface area contributed by atoms with Crippen molar-refractivity contribution >= 4 is 5.97 Å². The monoisotopic (exact) mass is 316 g/mol. The summed E-state index contributed by atoms with van der Waals surface area (Å²) >= 11 is 0. The summed E-state index contributed by atoms with van der Waals surface area (Å²) in [6.45, 7) is 2.26. The lowest BCUT2D eigenvalue weighted by Crippen LogP contribution is -1.93. The molecule has 0 aliphatic rings. The fourth-order valence-electron chi connectivity index (χ4n) is 2.35.